The number of aryl methyl sites for hydroxylation is 2. The van der Waals surface area contributed by atoms with E-state index in [1.54, 1.807) is 0 Å². The van der Waals surface area contributed by atoms with Gasteiger partial charge in [0.15, 0.2) is 17.6 Å². The molecule has 0 fully saturated rings. The number of hydrogen-bond acceptors (Lipinski definition) is 2. The summed E-state index contributed by atoms with van der Waals surface area (Å²) in [5, 5.41) is 1.26. The summed E-state index contributed by atoms with van der Waals surface area (Å²) in [6.07, 6.45) is 1.91. The molecule has 1 aromatic heterocycles. The summed E-state index contributed by atoms with van der Waals surface area (Å²) in [7, 11) is 0. The number of aromatic nitrogens is 1. The van der Waals surface area contributed by atoms with Crippen molar-refractivity contribution in [2.24, 2.45) is 0 Å². The molecule has 2 heterocycles. The standard InChI is InChI=1S/C18H17NO2/c1-11-4-3-5-16-18(11)20-10-17(21-16)13-8-12(2)14-6-7-19-15(14)9-13/h3-9,17,19H,10H2,1-2H3. The predicted octanol–water partition coefficient (Wildman–Crippen LogP) is 4.30. The van der Waals surface area contributed by atoms with E-state index in [0.29, 0.717) is 6.61 Å². The van der Waals surface area contributed by atoms with Crippen LogP contribution in [-0.2, 0) is 0 Å². The van der Waals surface area contributed by atoms with Crippen LogP contribution in [0.1, 0.15) is 22.8 Å². The van der Waals surface area contributed by atoms with E-state index in [-0.39, 0.29) is 6.10 Å². The Hall–Kier alpha value is -2.42. The van der Waals surface area contributed by atoms with Gasteiger partial charge in [-0.25, -0.2) is 0 Å². The molecule has 4 rings (SSSR count). The molecule has 0 bridgehead atoms. The molecule has 0 saturated carbocycles. The maximum atomic E-state index is 6.14. The van der Waals surface area contributed by atoms with Gasteiger partial charge < -0.3 is 14.5 Å². The normalized spacial score (nSPS) is 17.1. The van der Waals surface area contributed by atoms with Crippen LogP contribution in [0.4, 0.5) is 0 Å². The molecule has 1 aliphatic heterocycles. The lowest BCUT2D eigenvalue weighted by molar-refractivity contribution is 0.0906. The molecular formula is C18H17NO2. The van der Waals surface area contributed by atoms with Gasteiger partial charge in [-0.2, -0.15) is 0 Å². The summed E-state index contributed by atoms with van der Waals surface area (Å²) < 4.78 is 12.1. The smallest absolute Gasteiger partial charge is 0.164 e. The molecule has 2 aromatic carbocycles. The number of aromatic amines is 1. The molecule has 3 heteroatoms. The monoisotopic (exact) mass is 279 g/mol. The number of nitrogens with one attached hydrogen (secondary N) is 1. The van der Waals surface area contributed by atoms with Gasteiger partial charge in [-0.15, -0.1) is 0 Å². The highest BCUT2D eigenvalue weighted by Crippen LogP contribution is 2.39. The first-order valence-corrected chi connectivity index (χ1v) is 7.19. The Balaban J connectivity index is 1.73. The van der Waals surface area contributed by atoms with E-state index in [2.05, 4.69) is 30.1 Å². The summed E-state index contributed by atoms with van der Waals surface area (Å²) >= 11 is 0. The van der Waals surface area contributed by atoms with E-state index in [0.717, 1.165) is 28.1 Å². The van der Waals surface area contributed by atoms with Crippen molar-refractivity contribution in [1.29, 1.82) is 0 Å². The van der Waals surface area contributed by atoms with Crippen molar-refractivity contribution in [3.8, 4) is 11.5 Å². The van der Waals surface area contributed by atoms with E-state index in [1.165, 1.54) is 10.9 Å². The molecule has 1 N–H and O–H groups in total. The van der Waals surface area contributed by atoms with Crippen LogP contribution in [0, 0.1) is 13.8 Å². The van der Waals surface area contributed by atoms with Gasteiger partial charge in [0.2, 0.25) is 0 Å². The second-order valence-electron chi connectivity index (χ2n) is 5.60. The van der Waals surface area contributed by atoms with Crippen LogP contribution in [0.3, 0.4) is 0 Å². The minimum atomic E-state index is -0.0642. The minimum absolute atomic E-state index is 0.0642. The van der Waals surface area contributed by atoms with Crippen molar-refractivity contribution < 1.29 is 9.47 Å². The van der Waals surface area contributed by atoms with Crippen LogP contribution in [0.25, 0.3) is 10.9 Å². The van der Waals surface area contributed by atoms with E-state index in [1.807, 2.05) is 31.3 Å². The number of H-pyrrole nitrogens is 1. The van der Waals surface area contributed by atoms with Crippen molar-refractivity contribution >= 4 is 10.9 Å². The molecule has 0 aliphatic carbocycles. The average molecular weight is 279 g/mol. The van der Waals surface area contributed by atoms with E-state index < -0.39 is 0 Å². The number of fused-ring (bicyclic) bond motifs is 2. The van der Waals surface area contributed by atoms with Crippen LogP contribution in [-0.4, -0.2) is 11.6 Å². The third-order valence-corrected chi connectivity index (χ3v) is 4.09. The third-order valence-electron chi connectivity index (χ3n) is 4.09. The molecular weight excluding hydrogens is 262 g/mol. The Morgan fingerprint density at radius 2 is 2.00 bits per heavy atom. The molecule has 1 atom stereocenters. The van der Waals surface area contributed by atoms with Gasteiger partial charge in [0.1, 0.15) is 6.61 Å². The second kappa shape index (κ2) is 4.55. The molecule has 0 saturated heterocycles. The predicted molar refractivity (Wildman–Crippen MR) is 83.1 cm³/mol. The topological polar surface area (TPSA) is 34.2 Å². The SMILES string of the molecule is Cc1cccc2c1OCC(c1cc(C)c3cc[nH]c3c1)O2. The number of benzene rings is 2. The lowest BCUT2D eigenvalue weighted by Gasteiger charge is -2.28. The first-order valence-electron chi connectivity index (χ1n) is 7.19. The molecule has 1 unspecified atom stereocenters. The van der Waals surface area contributed by atoms with Gasteiger partial charge in [0.05, 0.1) is 0 Å². The zero-order valence-corrected chi connectivity index (χ0v) is 12.1. The molecule has 21 heavy (non-hydrogen) atoms. The highest BCUT2D eigenvalue weighted by Gasteiger charge is 2.24. The molecule has 1 aliphatic rings. The molecule has 3 aromatic rings. The minimum Gasteiger partial charge on any atom is -0.485 e. The Morgan fingerprint density at radius 3 is 2.90 bits per heavy atom. The van der Waals surface area contributed by atoms with Crippen LogP contribution in [0.15, 0.2) is 42.6 Å². The van der Waals surface area contributed by atoms with Crippen molar-refractivity contribution in [3.63, 3.8) is 0 Å². The average Bonchev–Trinajstić information content (AvgIpc) is 2.96. The zero-order chi connectivity index (χ0) is 14.4. The van der Waals surface area contributed by atoms with E-state index in [4.69, 9.17) is 9.47 Å². The maximum Gasteiger partial charge on any atom is 0.164 e. The summed E-state index contributed by atoms with van der Waals surface area (Å²) in [5.41, 5.74) is 4.66. The summed E-state index contributed by atoms with van der Waals surface area (Å²) in [4.78, 5) is 3.27. The van der Waals surface area contributed by atoms with Crippen LogP contribution in [0.2, 0.25) is 0 Å². The molecule has 106 valence electrons. The molecule has 0 amide bonds. The Kier molecular flexibility index (Phi) is 2.67. The largest absolute Gasteiger partial charge is 0.485 e. The highest BCUT2D eigenvalue weighted by atomic mass is 16.6. The third kappa shape index (κ3) is 1.97. The quantitative estimate of drug-likeness (QED) is 0.720. The Morgan fingerprint density at radius 1 is 1.10 bits per heavy atom. The van der Waals surface area contributed by atoms with Gasteiger partial charge >= 0.3 is 0 Å². The Labute approximate surface area is 123 Å². The van der Waals surface area contributed by atoms with E-state index >= 15 is 0 Å². The summed E-state index contributed by atoms with van der Waals surface area (Å²) in [6.45, 7) is 4.71. The molecule has 0 spiro atoms. The lowest BCUT2D eigenvalue weighted by Crippen LogP contribution is -2.22. The first-order chi connectivity index (χ1) is 10.2. The van der Waals surface area contributed by atoms with Crippen LogP contribution in [0.5, 0.6) is 11.5 Å². The number of ether oxygens (including phenoxy) is 2. The highest BCUT2D eigenvalue weighted by molar-refractivity contribution is 5.83. The van der Waals surface area contributed by atoms with Crippen LogP contribution < -0.4 is 9.47 Å². The van der Waals surface area contributed by atoms with Crippen molar-refractivity contribution in [3.05, 3.63) is 59.3 Å². The molecule has 3 nitrogen and oxygen atoms in total. The van der Waals surface area contributed by atoms with Gasteiger partial charge in [0.25, 0.3) is 0 Å². The first kappa shape index (κ1) is 12.3. The zero-order valence-electron chi connectivity index (χ0n) is 12.1. The van der Waals surface area contributed by atoms with Gasteiger partial charge in [0, 0.05) is 17.1 Å². The van der Waals surface area contributed by atoms with E-state index in [9.17, 15) is 0 Å². The van der Waals surface area contributed by atoms with Crippen molar-refractivity contribution in [2.75, 3.05) is 6.61 Å². The number of rotatable bonds is 1. The fourth-order valence-electron chi connectivity index (χ4n) is 2.98. The lowest BCUT2D eigenvalue weighted by atomic mass is 10.0. The van der Waals surface area contributed by atoms with Gasteiger partial charge in [-0.3, -0.25) is 0 Å². The van der Waals surface area contributed by atoms with Gasteiger partial charge in [-0.05, 0) is 48.7 Å². The van der Waals surface area contributed by atoms with Crippen LogP contribution >= 0.6 is 0 Å². The fourth-order valence-corrected chi connectivity index (χ4v) is 2.98. The maximum absolute atomic E-state index is 6.14. The second-order valence-corrected chi connectivity index (χ2v) is 5.60. The van der Waals surface area contributed by atoms with Crippen molar-refractivity contribution in [2.45, 2.75) is 20.0 Å². The van der Waals surface area contributed by atoms with Crippen molar-refractivity contribution in [1.82, 2.24) is 4.98 Å². The van der Waals surface area contributed by atoms with Gasteiger partial charge in [-0.1, -0.05) is 18.2 Å². The summed E-state index contributed by atoms with van der Waals surface area (Å²) in [5.74, 6) is 1.70. The fraction of sp³-hybridized carbons (Fsp3) is 0.222. The number of para-hydroxylation sites is 1. The Bertz CT molecular complexity index is 819. The summed E-state index contributed by atoms with van der Waals surface area (Å²) in [6, 6.07) is 12.4. The molecule has 0 radical (unpaired) electrons. The number of hydrogen-bond donors (Lipinski definition) is 1.